The predicted molar refractivity (Wildman–Crippen MR) is 83.0 cm³/mol. The van der Waals surface area contributed by atoms with Gasteiger partial charge in [-0.15, -0.1) is 0 Å². The normalized spacial score (nSPS) is 15.8. The van der Waals surface area contributed by atoms with Crippen LogP contribution in [0.2, 0.25) is 0 Å². The Bertz CT molecular complexity index is 704. The number of benzene rings is 1. The number of para-hydroxylation sites is 1. The lowest BCUT2D eigenvalue weighted by molar-refractivity contribution is -0.136. The van der Waals surface area contributed by atoms with E-state index in [0.29, 0.717) is 29.8 Å². The maximum Gasteiger partial charge on any atom is 0.340 e. The van der Waals surface area contributed by atoms with E-state index in [1.807, 2.05) is 0 Å². The van der Waals surface area contributed by atoms with E-state index in [9.17, 15) is 9.59 Å². The van der Waals surface area contributed by atoms with Crippen molar-refractivity contribution in [3.63, 3.8) is 0 Å². The van der Waals surface area contributed by atoms with Crippen LogP contribution in [0.3, 0.4) is 0 Å². The monoisotopic (exact) mass is 317 g/mol. The fraction of sp³-hybridized carbons (Fsp3) is 0.438. The molecule has 2 heterocycles. The highest BCUT2D eigenvalue weighted by Gasteiger charge is 2.22. The van der Waals surface area contributed by atoms with Gasteiger partial charge in [-0.3, -0.25) is 4.79 Å². The van der Waals surface area contributed by atoms with Gasteiger partial charge in [0.05, 0.1) is 5.56 Å². The van der Waals surface area contributed by atoms with Crippen LogP contribution in [0.15, 0.2) is 29.0 Å². The van der Waals surface area contributed by atoms with Crippen LogP contribution in [0.1, 0.15) is 17.3 Å². The summed E-state index contributed by atoms with van der Waals surface area (Å²) in [5.41, 5.74) is 1.27. The van der Waals surface area contributed by atoms with Crippen molar-refractivity contribution in [1.29, 1.82) is 0 Å². The summed E-state index contributed by atoms with van der Waals surface area (Å²) in [6.45, 7) is 5.89. The highest BCUT2D eigenvalue weighted by Crippen LogP contribution is 2.17. The summed E-state index contributed by atoms with van der Waals surface area (Å²) in [6.07, 6.45) is 1.28. The van der Waals surface area contributed by atoms with E-state index < -0.39 is 5.97 Å². The van der Waals surface area contributed by atoms with Gasteiger partial charge < -0.3 is 19.0 Å². The molecule has 0 aliphatic carbocycles. The number of likely N-dealkylation sites (N-methyl/N-ethyl adjacent to an activating group) is 1. The quantitative estimate of drug-likeness (QED) is 0.787. The molecule has 0 saturated carbocycles. The van der Waals surface area contributed by atoms with Gasteiger partial charge >= 0.3 is 5.97 Å². The largest absolute Gasteiger partial charge is 0.452 e. The molecule has 0 bridgehead atoms. The minimum Gasteiger partial charge on any atom is -0.452 e. The van der Waals surface area contributed by atoms with Gasteiger partial charge in [-0.2, -0.15) is 0 Å². The first kappa shape index (κ1) is 15.5. The molecule has 1 amide bonds. The number of hydrogen-bond acceptors (Lipinski definition) is 6. The van der Waals surface area contributed by atoms with Gasteiger partial charge in [0.15, 0.2) is 18.6 Å². The van der Waals surface area contributed by atoms with Gasteiger partial charge in [-0.05, 0) is 18.7 Å². The highest BCUT2D eigenvalue weighted by atomic mass is 16.5. The Labute approximate surface area is 133 Å². The van der Waals surface area contributed by atoms with Gasteiger partial charge in [0.1, 0.15) is 5.52 Å². The summed E-state index contributed by atoms with van der Waals surface area (Å²) in [4.78, 5) is 32.3. The summed E-state index contributed by atoms with van der Waals surface area (Å²) >= 11 is 0. The smallest absolute Gasteiger partial charge is 0.340 e. The Hall–Kier alpha value is -2.41. The van der Waals surface area contributed by atoms with E-state index in [1.165, 1.54) is 6.39 Å². The van der Waals surface area contributed by atoms with Crippen molar-refractivity contribution in [2.45, 2.75) is 6.92 Å². The molecule has 122 valence electrons. The molecule has 1 aliphatic rings. The topological polar surface area (TPSA) is 75.9 Å². The molecule has 1 aromatic heterocycles. The van der Waals surface area contributed by atoms with E-state index in [1.54, 1.807) is 23.1 Å². The lowest BCUT2D eigenvalue weighted by atomic mass is 10.2. The van der Waals surface area contributed by atoms with Crippen LogP contribution < -0.4 is 0 Å². The van der Waals surface area contributed by atoms with Crippen LogP contribution >= 0.6 is 0 Å². The van der Waals surface area contributed by atoms with Crippen molar-refractivity contribution in [1.82, 2.24) is 14.8 Å². The van der Waals surface area contributed by atoms with Crippen LogP contribution in [0.25, 0.3) is 11.1 Å². The minimum atomic E-state index is -0.565. The fourth-order valence-corrected chi connectivity index (χ4v) is 2.66. The number of amides is 1. The molecule has 7 nitrogen and oxygen atoms in total. The first-order valence-electron chi connectivity index (χ1n) is 7.68. The second kappa shape index (κ2) is 6.78. The summed E-state index contributed by atoms with van der Waals surface area (Å²) in [5.74, 6) is -0.730. The van der Waals surface area contributed by atoms with Crippen LogP contribution in [0, 0.1) is 0 Å². The third-order valence-electron chi connectivity index (χ3n) is 4.08. The molecule has 1 aliphatic heterocycles. The molecule has 1 saturated heterocycles. The lowest BCUT2D eigenvalue weighted by Gasteiger charge is -2.33. The zero-order valence-electron chi connectivity index (χ0n) is 13.0. The van der Waals surface area contributed by atoms with Crippen LogP contribution in [-0.2, 0) is 9.53 Å². The number of aromatic nitrogens is 1. The van der Waals surface area contributed by atoms with Crippen molar-refractivity contribution in [3.05, 3.63) is 30.2 Å². The number of oxazole rings is 1. The van der Waals surface area contributed by atoms with Crippen molar-refractivity contribution >= 4 is 23.0 Å². The number of piperazine rings is 1. The molecule has 0 N–H and O–H groups in total. The number of carbonyl (C=O) groups is 2. The number of fused-ring (bicyclic) bond motifs is 1. The predicted octanol–water partition coefficient (Wildman–Crippen LogP) is 1.15. The fourth-order valence-electron chi connectivity index (χ4n) is 2.66. The van der Waals surface area contributed by atoms with Crippen molar-refractivity contribution in [2.24, 2.45) is 0 Å². The molecule has 0 unspecified atom stereocenters. The highest BCUT2D eigenvalue weighted by molar-refractivity contribution is 6.01. The van der Waals surface area contributed by atoms with Gasteiger partial charge in [0.2, 0.25) is 0 Å². The molecule has 3 rings (SSSR count). The molecular formula is C16H19N3O4. The molecule has 7 heteroatoms. The van der Waals surface area contributed by atoms with E-state index in [4.69, 9.17) is 9.15 Å². The molecule has 2 aromatic rings. The number of ether oxygens (including phenoxy) is 1. The van der Waals surface area contributed by atoms with Crippen molar-refractivity contribution < 1.29 is 18.7 Å². The summed E-state index contributed by atoms with van der Waals surface area (Å²) in [5, 5.41) is 0. The number of nitrogens with zero attached hydrogens (tertiary/aromatic N) is 3. The summed E-state index contributed by atoms with van der Waals surface area (Å²) < 4.78 is 10.3. The Morgan fingerprint density at radius 1 is 1.26 bits per heavy atom. The maximum atomic E-state index is 12.2. The van der Waals surface area contributed by atoms with E-state index in [0.717, 1.165) is 19.6 Å². The lowest BCUT2D eigenvalue weighted by Crippen LogP contribution is -2.49. The molecule has 23 heavy (non-hydrogen) atoms. The van der Waals surface area contributed by atoms with Crippen molar-refractivity contribution in [3.8, 4) is 0 Å². The molecule has 1 aromatic carbocycles. The van der Waals surface area contributed by atoms with Gasteiger partial charge in [-0.25, -0.2) is 9.78 Å². The van der Waals surface area contributed by atoms with E-state index in [-0.39, 0.29) is 12.5 Å². The second-order valence-electron chi connectivity index (χ2n) is 5.40. The Morgan fingerprint density at radius 2 is 2.04 bits per heavy atom. The average Bonchev–Trinajstić information content (AvgIpc) is 3.08. The van der Waals surface area contributed by atoms with Gasteiger partial charge in [0.25, 0.3) is 5.91 Å². The first-order chi connectivity index (χ1) is 11.2. The molecule has 0 spiro atoms. The molecule has 0 atom stereocenters. The third kappa shape index (κ3) is 3.34. The Balaban J connectivity index is 1.57. The maximum absolute atomic E-state index is 12.2. The number of rotatable bonds is 4. The second-order valence-corrected chi connectivity index (χ2v) is 5.40. The molecule has 0 radical (unpaired) electrons. The van der Waals surface area contributed by atoms with Crippen LogP contribution in [-0.4, -0.2) is 66.0 Å². The summed E-state index contributed by atoms with van der Waals surface area (Å²) in [7, 11) is 0. The Morgan fingerprint density at radius 3 is 2.78 bits per heavy atom. The number of carbonyl (C=O) groups excluding carboxylic acids is 2. The SMILES string of the molecule is CCN1CCN(C(=O)COC(=O)c2cccc3ocnc23)CC1. The minimum absolute atomic E-state index is 0.165. The van der Waals surface area contributed by atoms with Crippen LogP contribution in [0.4, 0.5) is 0 Å². The van der Waals surface area contributed by atoms with E-state index in [2.05, 4.69) is 16.8 Å². The standard InChI is InChI=1S/C16H19N3O4/c1-2-18-6-8-19(9-7-18)14(20)10-22-16(21)12-4-3-5-13-15(12)17-11-23-13/h3-5,11H,2,6-10H2,1H3. The zero-order chi connectivity index (χ0) is 16.2. The van der Waals surface area contributed by atoms with Gasteiger partial charge in [-0.1, -0.05) is 13.0 Å². The van der Waals surface area contributed by atoms with Crippen LogP contribution in [0.5, 0.6) is 0 Å². The zero-order valence-corrected chi connectivity index (χ0v) is 13.0. The number of esters is 1. The third-order valence-corrected chi connectivity index (χ3v) is 4.08. The molecular weight excluding hydrogens is 298 g/mol. The van der Waals surface area contributed by atoms with Gasteiger partial charge in [0, 0.05) is 26.2 Å². The number of hydrogen-bond donors (Lipinski definition) is 0. The Kier molecular flexibility index (Phi) is 4.57. The summed E-state index contributed by atoms with van der Waals surface area (Å²) in [6, 6.07) is 5.02. The average molecular weight is 317 g/mol. The first-order valence-corrected chi connectivity index (χ1v) is 7.68. The molecule has 1 fully saturated rings. The van der Waals surface area contributed by atoms with Crippen molar-refractivity contribution in [2.75, 3.05) is 39.3 Å². The van der Waals surface area contributed by atoms with E-state index >= 15 is 0 Å².